The summed E-state index contributed by atoms with van der Waals surface area (Å²) in [5.74, 6) is -0.992. The molecular weight excluding hydrogens is 841 g/mol. The standard InChI is InChI=1S/C62H108O6/c1-4-7-10-13-16-19-22-25-27-28-29-30-31-32-33-35-37-40-43-46-49-52-55-61(64)67-58-59(57-66-60(63)54-51-48-45-42-39-36-24-21-18-15-12-9-6-3)68-62(65)56-53-50-47-44-41-38-34-26-23-20-17-14-11-8-5-2/h9,12,17-18,20-21,26,34,36,39,45,48,59H,4-8,10-11,13-16,19,22-25,27-33,35,37-38,40-44,46-47,49-58H2,1-3H3/b12-9-,20-17-,21-18-,34-26-,39-36-,48-45-. The summed E-state index contributed by atoms with van der Waals surface area (Å²) in [5, 5.41) is 0. The van der Waals surface area contributed by atoms with Crippen molar-refractivity contribution in [2.24, 2.45) is 0 Å². The van der Waals surface area contributed by atoms with Gasteiger partial charge in [-0.15, -0.1) is 0 Å². The van der Waals surface area contributed by atoms with Gasteiger partial charge in [-0.05, 0) is 77.0 Å². The Hall–Kier alpha value is -3.15. The fourth-order valence-electron chi connectivity index (χ4n) is 8.13. The van der Waals surface area contributed by atoms with E-state index < -0.39 is 6.10 Å². The van der Waals surface area contributed by atoms with Gasteiger partial charge in [0.15, 0.2) is 6.10 Å². The van der Waals surface area contributed by atoms with E-state index in [9.17, 15) is 14.4 Å². The van der Waals surface area contributed by atoms with Crippen molar-refractivity contribution in [3.63, 3.8) is 0 Å². The van der Waals surface area contributed by atoms with Gasteiger partial charge in [0.25, 0.3) is 0 Å². The Morgan fingerprint density at radius 1 is 0.309 bits per heavy atom. The summed E-state index contributed by atoms with van der Waals surface area (Å²) >= 11 is 0. The molecule has 0 fully saturated rings. The molecule has 0 aliphatic heterocycles. The molecule has 0 heterocycles. The molecule has 0 aliphatic rings. The van der Waals surface area contributed by atoms with Gasteiger partial charge in [-0.2, -0.15) is 0 Å². The molecule has 0 aromatic heterocycles. The van der Waals surface area contributed by atoms with E-state index in [1.165, 1.54) is 148 Å². The van der Waals surface area contributed by atoms with Crippen molar-refractivity contribution in [2.75, 3.05) is 13.2 Å². The third kappa shape index (κ3) is 53.8. The molecule has 68 heavy (non-hydrogen) atoms. The van der Waals surface area contributed by atoms with E-state index in [2.05, 4.69) is 87.6 Å². The average molecular weight is 950 g/mol. The molecule has 1 unspecified atom stereocenters. The molecule has 0 rings (SSSR count). The maximum atomic E-state index is 12.8. The third-order valence-corrected chi connectivity index (χ3v) is 12.5. The zero-order chi connectivity index (χ0) is 49.3. The highest BCUT2D eigenvalue weighted by Crippen LogP contribution is 2.16. The first kappa shape index (κ1) is 64.8. The molecular formula is C62H108O6. The minimum absolute atomic E-state index is 0.101. The Kier molecular flexibility index (Phi) is 53.8. The van der Waals surface area contributed by atoms with Gasteiger partial charge in [0.1, 0.15) is 13.2 Å². The van der Waals surface area contributed by atoms with Gasteiger partial charge < -0.3 is 14.2 Å². The van der Waals surface area contributed by atoms with Crippen LogP contribution in [0.5, 0.6) is 0 Å². The summed E-state index contributed by atoms with van der Waals surface area (Å²) < 4.78 is 16.8. The minimum atomic E-state index is -0.810. The number of rotatable bonds is 52. The first-order valence-electron chi connectivity index (χ1n) is 28.9. The Balaban J connectivity index is 4.35. The molecule has 0 amide bonds. The van der Waals surface area contributed by atoms with E-state index in [-0.39, 0.29) is 37.5 Å². The van der Waals surface area contributed by atoms with Crippen LogP contribution in [0, 0.1) is 0 Å². The SMILES string of the molecule is CC/C=C\C/C=C\C/C=C\C/C=C\CCC(=O)OCC(COC(=O)CCCCCCCCCCCCCCCCCCCCCCCC)OC(=O)CCCCCCC/C=C\C/C=C\CCCCC. The normalized spacial score (nSPS) is 12.6. The smallest absolute Gasteiger partial charge is 0.306 e. The highest BCUT2D eigenvalue weighted by Gasteiger charge is 2.19. The van der Waals surface area contributed by atoms with Crippen LogP contribution in [0.1, 0.15) is 284 Å². The van der Waals surface area contributed by atoms with E-state index in [0.717, 1.165) is 89.9 Å². The lowest BCUT2D eigenvalue weighted by molar-refractivity contribution is -0.166. The number of carbonyl (C=O) groups excluding carboxylic acids is 3. The lowest BCUT2D eigenvalue weighted by atomic mass is 10.0. The molecule has 6 nitrogen and oxygen atoms in total. The van der Waals surface area contributed by atoms with Crippen LogP contribution in [-0.4, -0.2) is 37.2 Å². The predicted molar refractivity (Wildman–Crippen MR) is 293 cm³/mol. The summed E-state index contributed by atoms with van der Waals surface area (Å²) in [7, 11) is 0. The second-order valence-electron chi connectivity index (χ2n) is 19.2. The third-order valence-electron chi connectivity index (χ3n) is 12.5. The topological polar surface area (TPSA) is 78.9 Å². The highest BCUT2D eigenvalue weighted by molar-refractivity contribution is 5.71. The van der Waals surface area contributed by atoms with Crippen LogP contribution in [0.3, 0.4) is 0 Å². The van der Waals surface area contributed by atoms with Gasteiger partial charge in [-0.1, -0.05) is 261 Å². The van der Waals surface area contributed by atoms with Crippen molar-refractivity contribution in [3.8, 4) is 0 Å². The average Bonchev–Trinajstić information content (AvgIpc) is 3.34. The summed E-state index contributed by atoms with van der Waals surface area (Å²) in [5.41, 5.74) is 0. The van der Waals surface area contributed by atoms with Gasteiger partial charge in [-0.25, -0.2) is 0 Å². The molecule has 0 aromatic carbocycles. The molecule has 0 saturated carbocycles. The van der Waals surface area contributed by atoms with E-state index in [1.54, 1.807) is 0 Å². The molecule has 0 aromatic rings. The number of hydrogen-bond donors (Lipinski definition) is 0. The second kappa shape index (κ2) is 56.4. The number of esters is 3. The lowest BCUT2D eigenvalue weighted by Crippen LogP contribution is -2.30. The van der Waals surface area contributed by atoms with E-state index in [1.807, 2.05) is 6.08 Å². The molecule has 0 spiro atoms. The lowest BCUT2D eigenvalue weighted by Gasteiger charge is -2.18. The van der Waals surface area contributed by atoms with Crippen molar-refractivity contribution >= 4 is 17.9 Å². The molecule has 392 valence electrons. The van der Waals surface area contributed by atoms with Gasteiger partial charge in [-0.3, -0.25) is 14.4 Å². The first-order valence-corrected chi connectivity index (χ1v) is 28.9. The van der Waals surface area contributed by atoms with Gasteiger partial charge >= 0.3 is 17.9 Å². The van der Waals surface area contributed by atoms with Crippen LogP contribution >= 0.6 is 0 Å². The molecule has 6 heteroatoms. The van der Waals surface area contributed by atoms with Crippen molar-refractivity contribution in [3.05, 3.63) is 72.9 Å². The fourth-order valence-corrected chi connectivity index (χ4v) is 8.13. The zero-order valence-corrected chi connectivity index (χ0v) is 44.9. The molecule has 1 atom stereocenters. The second-order valence-corrected chi connectivity index (χ2v) is 19.2. The Morgan fingerprint density at radius 3 is 1.01 bits per heavy atom. The number of allylic oxidation sites excluding steroid dienone is 12. The van der Waals surface area contributed by atoms with Crippen LogP contribution in [-0.2, 0) is 28.6 Å². The zero-order valence-electron chi connectivity index (χ0n) is 44.9. The van der Waals surface area contributed by atoms with Crippen LogP contribution in [0.15, 0.2) is 72.9 Å². The van der Waals surface area contributed by atoms with Crippen LogP contribution in [0.2, 0.25) is 0 Å². The summed E-state index contributed by atoms with van der Waals surface area (Å²) in [6.07, 6.45) is 72.0. The van der Waals surface area contributed by atoms with Crippen molar-refractivity contribution in [1.82, 2.24) is 0 Å². The largest absolute Gasteiger partial charge is 0.462 e. The number of hydrogen-bond acceptors (Lipinski definition) is 6. The Morgan fingerprint density at radius 2 is 0.603 bits per heavy atom. The predicted octanol–water partition coefficient (Wildman–Crippen LogP) is 19.4. The minimum Gasteiger partial charge on any atom is -0.462 e. The fraction of sp³-hybridized carbons (Fsp3) is 0.758. The van der Waals surface area contributed by atoms with Crippen LogP contribution in [0.25, 0.3) is 0 Å². The van der Waals surface area contributed by atoms with E-state index in [4.69, 9.17) is 14.2 Å². The first-order chi connectivity index (χ1) is 33.5. The molecule has 0 N–H and O–H groups in total. The van der Waals surface area contributed by atoms with E-state index >= 15 is 0 Å². The maximum Gasteiger partial charge on any atom is 0.306 e. The Bertz CT molecular complexity index is 1270. The number of unbranched alkanes of at least 4 members (excludes halogenated alkanes) is 29. The van der Waals surface area contributed by atoms with E-state index in [0.29, 0.717) is 19.3 Å². The van der Waals surface area contributed by atoms with Gasteiger partial charge in [0, 0.05) is 19.3 Å². The summed E-state index contributed by atoms with van der Waals surface area (Å²) in [6, 6.07) is 0. The van der Waals surface area contributed by atoms with Gasteiger partial charge in [0.2, 0.25) is 0 Å². The van der Waals surface area contributed by atoms with Crippen molar-refractivity contribution in [2.45, 2.75) is 290 Å². The number of ether oxygens (including phenoxy) is 3. The summed E-state index contributed by atoms with van der Waals surface area (Å²) in [6.45, 7) is 6.45. The van der Waals surface area contributed by atoms with Gasteiger partial charge in [0.05, 0.1) is 0 Å². The van der Waals surface area contributed by atoms with Crippen LogP contribution in [0.4, 0.5) is 0 Å². The molecule has 0 radical (unpaired) electrons. The summed E-state index contributed by atoms with van der Waals surface area (Å²) in [4.78, 5) is 38.1. The molecule has 0 bridgehead atoms. The quantitative estimate of drug-likeness (QED) is 0.0262. The van der Waals surface area contributed by atoms with Crippen molar-refractivity contribution in [1.29, 1.82) is 0 Å². The molecule has 0 aliphatic carbocycles. The van der Waals surface area contributed by atoms with Crippen molar-refractivity contribution < 1.29 is 28.6 Å². The highest BCUT2D eigenvalue weighted by atomic mass is 16.6. The Labute approximate surface area is 421 Å². The number of carbonyl (C=O) groups is 3. The monoisotopic (exact) mass is 949 g/mol. The molecule has 0 saturated heterocycles. The van der Waals surface area contributed by atoms with Crippen LogP contribution < -0.4 is 0 Å². The maximum absolute atomic E-state index is 12.8.